The number of pyridine rings is 1. The summed E-state index contributed by atoms with van der Waals surface area (Å²) in [7, 11) is -1.64. The normalized spacial score (nSPS) is 12.0. The van der Waals surface area contributed by atoms with Crippen molar-refractivity contribution in [1.29, 1.82) is 0 Å². The van der Waals surface area contributed by atoms with E-state index in [4.69, 9.17) is 16.3 Å². The second-order valence-corrected chi connectivity index (χ2v) is 13.3. The lowest BCUT2D eigenvalue weighted by Crippen LogP contribution is -2.44. The van der Waals surface area contributed by atoms with Crippen LogP contribution in [0.25, 0.3) is 0 Å². The van der Waals surface area contributed by atoms with Gasteiger partial charge in [0.15, 0.2) is 0 Å². The summed E-state index contributed by atoms with van der Waals surface area (Å²) in [5.74, 6) is 0.210. The fraction of sp³-hybridized carbons (Fsp3) is 0.600. The maximum Gasteiger partial charge on any atom is 0.417 e. The molecule has 0 fully saturated rings. The molecule has 0 aromatic carbocycles. The van der Waals surface area contributed by atoms with Crippen LogP contribution in [0.15, 0.2) is 6.07 Å². The fourth-order valence-electron chi connectivity index (χ4n) is 2.24. The summed E-state index contributed by atoms with van der Waals surface area (Å²) < 4.78 is 6.29. The van der Waals surface area contributed by atoms with Crippen LogP contribution in [0.1, 0.15) is 27.7 Å². The highest BCUT2D eigenvalue weighted by atomic mass is 127. The van der Waals surface area contributed by atoms with Gasteiger partial charge < -0.3 is 9.64 Å². The fourth-order valence-corrected chi connectivity index (χ4v) is 5.39. The molecule has 0 aliphatic heterocycles. The molecule has 0 N–H and O–H groups in total. The van der Waals surface area contributed by atoms with Crippen LogP contribution in [0.4, 0.5) is 4.79 Å². The van der Waals surface area contributed by atoms with Gasteiger partial charge >= 0.3 is 6.09 Å². The Balaban J connectivity index is 3.18. The molecular weight excluding hydrogens is 431 g/mol. The van der Waals surface area contributed by atoms with Crippen molar-refractivity contribution in [2.75, 3.05) is 0 Å². The van der Waals surface area contributed by atoms with Crippen molar-refractivity contribution in [2.24, 2.45) is 0 Å². The van der Waals surface area contributed by atoms with Gasteiger partial charge in [-0.1, -0.05) is 31.2 Å². The molecule has 124 valence electrons. The second-order valence-electron chi connectivity index (χ2n) is 6.82. The van der Waals surface area contributed by atoms with E-state index in [2.05, 4.69) is 47.2 Å². The molecule has 0 spiro atoms. The van der Waals surface area contributed by atoms with Crippen LogP contribution in [-0.2, 0) is 0 Å². The van der Waals surface area contributed by atoms with Crippen molar-refractivity contribution in [3.8, 4) is 5.88 Å². The standard InChI is InChI=1S/C15H24ClIN2O2Si/c1-9(2)19(10(3)4)15(20)21-14-13(16)11(22(5,6)7)8-12(17)18-14/h8-10H,1-7H3. The van der Waals surface area contributed by atoms with Gasteiger partial charge in [-0.25, -0.2) is 9.78 Å². The minimum absolute atomic E-state index is 0.0468. The summed E-state index contributed by atoms with van der Waals surface area (Å²) in [6.45, 7) is 14.4. The van der Waals surface area contributed by atoms with E-state index in [0.29, 0.717) is 5.02 Å². The first-order valence-corrected chi connectivity index (χ1v) is 12.3. The molecule has 1 aromatic heterocycles. The first kappa shape index (κ1) is 19.7. The van der Waals surface area contributed by atoms with Gasteiger partial charge in [0.1, 0.15) is 8.72 Å². The predicted octanol–water partition coefficient (Wildman–Crippen LogP) is 4.50. The van der Waals surface area contributed by atoms with Crippen molar-refractivity contribution < 1.29 is 9.53 Å². The minimum Gasteiger partial charge on any atom is -0.389 e. The number of aromatic nitrogens is 1. The Hall–Kier alpha value is -0.343. The molecule has 0 saturated carbocycles. The van der Waals surface area contributed by atoms with E-state index >= 15 is 0 Å². The molecule has 0 unspecified atom stereocenters. The van der Waals surface area contributed by atoms with E-state index in [1.54, 1.807) is 4.90 Å². The number of halogens is 2. The van der Waals surface area contributed by atoms with Crippen molar-refractivity contribution in [1.82, 2.24) is 9.88 Å². The van der Waals surface area contributed by atoms with E-state index in [0.717, 1.165) is 8.89 Å². The van der Waals surface area contributed by atoms with Gasteiger partial charge in [-0.05, 0) is 61.5 Å². The topological polar surface area (TPSA) is 42.4 Å². The third-order valence-electron chi connectivity index (χ3n) is 3.21. The quantitative estimate of drug-likeness (QED) is 0.382. The van der Waals surface area contributed by atoms with Gasteiger partial charge in [0, 0.05) is 12.1 Å². The summed E-state index contributed by atoms with van der Waals surface area (Å²) in [4.78, 5) is 18.4. The van der Waals surface area contributed by atoms with Gasteiger partial charge in [-0.3, -0.25) is 0 Å². The SMILES string of the molecule is CC(C)N(C(=O)Oc1nc(I)cc([Si](C)(C)C)c1Cl)C(C)C. The minimum atomic E-state index is -1.64. The summed E-state index contributed by atoms with van der Waals surface area (Å²) in [6, 6.07) is 2.07. The van der Waals surface area contributed by atoms with Crippen LogP contribution in [0, 0.1) is 3.70 Å². The third-order valence-corrected chi connectivity index (χ3v) is 6.30. The third kappa shape index (κ3) is 4.83. The van der Waals surface area contributed by atoms with Gasteiger partial charge in [0.2, 0.25) is 5.88 Å². The van der Waals surface area contributed by atoms with Crippen LogP contribution < -0.4 is 9.92 Å². The molecule has 1 heterocycles. The zero-order chi connectivity index (χ0) is 17.2. The maximum atomic E-state index is 12.4. The molecule has 0 saturated heterocycles. The average Bonchev–Trinajstić information content (AvgIpc) is 2.30. The molecule has 4 nitrogen and oxygen atoms in total. The van der Waals surface area contributed by atoms with E-state index in [1.807, 2.05) is 33.8 Å². The van der Waals surface area contributed by atoms with Crippen molar-refractivity contribution in [3.63, 3.8) is 0 Å². The average molecular weight is 455 g/mol. The van der Waals surface area contributed by atoms with E-state index in [-0.39, 0.29) is 18.0 Å². The number of nitrogens with zero attached hydrogens (tertiary/aromatic N) is 2. The van der Waals surface area contributed by atoms with Crippen molar-refractivity contribution in [3.05, 3.63) is 14.8 Å². The molecule has 0 radical (unpaired) electrons. The largest absolute Gasteiger partial charge is 0.417 e. The summed E-state index contributed by atoms with van der Waals surface area (Å²) in [5, 5.41) is 1.51. The Morgan fingerprint density at radius 2 is 1.77 bits per heavy atom. The number of hydrogen-bond donors (Lipinski definition) is 0. The van der Waals surface area contributed by atoms with Crippen molar-refractivity contribution in [2.45, 2.75) is 59.4 Å². The highest BCUT2D eigenvalue weighted by molar-refractivity contribution is 14.1. The number of hydrogen-bond acceptors (Lipinski definition) is 3. The Labute approximate surface area is 152 Å². The van der Waals surface area contributed by atoms with Gasteiger partial charge in [-0.15, -0.1) is 0 Å². The zero-order valence-electron chi connectivity index (χ0n) is 14.2. The van der Waals surface area contributed by atoms with Crippen LogP contribution in [0.5, 0.6) is 5.88 Å². The number of carbonyl (C=O) groups is 1. The Morgan fingerprint density at radius 1 is 1.27 bits per heavy atom. The monoisotopic (exact) mass is 454 g/mol. The Bertz CT molecular complexity index is 551. The van der Waals surface area contributed by atoms with Crippen LogP contribution in [-0.4, -0.2) is 36.1 Å². The highest BCUT2D eigenvalue weighted by Gasteiger charge is 2.27. The van der Waals surface area contributed by atoms with Crippen molar-refractivity contribution >= 4 is 53.5 Å². The maximum absolute atomic E-state index is 12.4. The molecule has 1 amide bonds. The van der Waals surface area contributed by atoms with Crippen LogP contribution >= 0.6 is 34.2 Å². The molecule has 7 heteroatoms. The van der Waals surface area contributed by atoms with Crippen LogP contribution in [0.3, 0.4) is 0 Å². The molecule has 0 aliphatic rings. The van der Waals surface area contributed by atoms with Gasteiger partial charge in [0.05, 0.1) is 8.07 Å². The second kappa shape index (κ2) is 7.48. The first-order chi connectivity index (χ1) is 9.95. The number of carbonyl (C=O) groups excluding carboxylic acids is 1. The summed E-state index contributed by atoms with van der Waals surface area (Å²) >= 11 is 8.57. The zero-order valence-corrected chi connectivity index (χ0v) is 18.1. The van der Waals surface area contributed by atoms with E-state index < -0.39 is 14.2 Å². The Morgan fingerprint density at radius 3 is 2.18 bits per heavy atom. The van der Waals surface area contributed by atoms with Gasteiger partial charge in [-0.2, -0.15) is 0 Å². The highest BCUT2D eigenvalue weighted by Crippen LogP contribution is 2.25. The molecule has 0 atom stereocenters. The summed E-state index contributed by atoms with van der Waals surface area (Å²) in [6.07, 6.45) is -0.414. The molecule has 1 rings (SSSR count). The van der Waals surface area contributed by atoms with Crippen LogP contribution in [0.2, 0.25) is 24.7 Å². The molecule has 22 heavy (non-hydrogen) atoms. The molecule has 0 aliphatic carbocycles. The number of ether oxygens (including phenoxy) is 1. The lowest BCUT2D eigenvalue weighted by molar-refractivity contribution is 0.121. The molecule has 1 aromatic rings. The molecule has 0 bridgehead atoms. The lowest BCUT2D eigenvalue weighted by Gasteiger charge is -2.29. The summed E-state index contributed by atoms with van der Waals surface area (Å²) in [5.41, 5.74) is 0. The van der Waals surface area contributed by atoms with E-state index in [9.17, 15) is 4.79 Å². The Kier molecular flexibility index (Phi) is 6.70. The molecular formula is C15H24ClIN2O2Si. The van der Waals surface area contributed by atoms with E-state index in [1.165, 1.54) is 0 Å². The smallest absolute Gasteiger partial charge is 0.389 e. The number of rotatable bonds is 4. The first-order valence-electron chi connectivity index (χ1n) is 7.31. The van der Waals surface area contributed by atoms with Gasteiger partial charge in [0.25, 0.3) is 0 Å². The lowest BCUT2D eigenvalue weighted by atomic mass is 10.2. The number of amides is 1. The predicted molar refractivity (Wildman–Crippen MR) is 103 cm³/mol.